The molecule has 1 N–H and O–H groups in total. The van der Waals surface area contributed by atoms with E-state index in [1.807, 2.05) is 18.2 Å². The molecule has 1 aliphatic rings. The maximum Gasteiger partial charge on any atom is 0.147 e. The van der Waals surface area contributed by atoms with Gasteiger partial charge in [-0.1, -0.05) is 36.7 Å². The fourth-order valence-electron chi connectivity index (χ4n) is 3.86. The summed E-state index contributed by atoms with van der Waals surface area (Å²) in [6, 6.07) is 12.5. The van der Waals surface area contributed by atoms with Crippen molar-refractivity contribution in [1.29, 1.82) is 0 Å². The highest BCUT2D eigenvalue weighted by Crippen LogP contribution is 2.32. The third-order valence-electron chi connectivity index (χ3n) is 5.13. The molecule has 3 heterocycles. The lowest BCUT2D eigenvalue weighted by atomic mass is 10.0. The normalized spacial score (nSPS) is 17.0. The number of para-hydroxylation sites is 1. The fraction of sp³-hybridized carbons (Fsp3) is 0.333. The van der Waals surface area contributed by atoms with E-state index in [4.69, 9.17) is 16.6 Å². The van der Waals surface area contributed by atoms with Gasteiger partial charge in [0.05, 0.1) is 10.5 Å². The van der Waals surface area contributed by atoms with Gasteiger partial charge < -0.3 is 10.2 Å². The molecule has 1 aliphatic heterocycles. The minimum atomic E-state index is 0.364. The van der Waals surface area contributed by atoms with E-state index >= 15 is 0 Å². The second kappa shape index (κ2) is 7.12. The molecule has 0 saturated carbocycles. The number of nitrogens with one attached hydrogen (secondary N) is 1. The maximum atomic E-state index is 6.33. The lowest BCUT2D eigenvalue weighted by Crippen LogP contribution is -2.27. The molecule has 1 fully saturated rings. The fourth-order valence-corrected chi connectivity index (χ4v) is 4.10. The summed E-state index contributed by atoms with van der Waals surface area (Å²) in [6.07, 6.45) is 3.83. The molecule has 1 unspecified atom stereocenters. The molecular weight excluding hydrogens is 344 g/mol. The molecule has 0 radical (unpaired) electrons. The van der Waals surface area contributed by atoms with Gasteiger partial charge >= 0.3 is 0 Å². The van der Waals surface area contributed by atoms with Crippen molar-refractivity contribution in [3.63, 3.8) is 0 Å². The zero-order valence-electron chi connectivity index (χ0n) is 15.2. The first-order valence-corrected chi connectivity index (χ1v) is 9.55. The Morgan fingerprint density at radius 1 is 1.23 bits per heavy atom. The number of halogens is 1. The summed E-state index contributed by atoms with van der Waals surface area (Å²) in [4.78, 5) is 11.5. The zero-order chi connectivity index (χ0) is 18.1. The molecule has 4 nitrogen and oxygen atoms in total. The number of benzene rings is 1. The van der Waals surface area contributed by atoms with Gasteiger partial charge in [-0.2, -0.15) is 0 Å². The van der Waals surface area contributed by atoms with Gasteiger partial charge in [-0.15, -0.1) is 0 Å². The van der Waals surface area contributed by atoms with Crippen LogP contribution in [0.15, 0.2) is 42.6 Å². The summed E-state index contributed by atoms with van der Waals surface area (Å²) in [5, 5.41) is 5.72. The Labute approximate surface area is 159 Å². The van der Waals surface area contributed by atoms with Crippen LogP contribution in [0.1, 0.15) is 24.6 Å². The van der Waals surface area contributed by atoms with Crippen LogP contribution in [-0.2, 0) is 6.42 Å². The van der Waals surface area contributed by atoms with Gasteiger partial charge in [0.25, 0.3) is 0 Å². The zero-order valence-corrected chi connectivity index (χ0v) is 15.9. The Balaban J connectivity index is 1.63. The Kier molecular flexibility index (Phi) is 4.68. The minimum Gasteiger partial charge on any atom is -0.380 e. The van der Waals surface area contributed by atoms with E-state index in [0.717, 1.165) is 43.0 Å². The second-order valence-corrected chi connectivity index (χ2v) is 7.21. The van der Waals surface area contributed by atoms with Crippen molar-refractivity contribution < 1.29 is 0 Å². The number of aryl methyl sites for hydroxylation is 1. The maximum absolute atomic E-state index is 6.33. The number of nitrogens with zero attached hydrogens (tertiary/aromatic N) is 3. The van der Waals surface area contributed by atoms with Crippen LogP contribution < -0.4 is 10.2 Å². The van der Waals surface area contributed by atoms with Crippen LogP contribution in [0.2, 0.25) is 5.02 Å². The summed E-state index contributed by atoms with van der Waals surface area (Å²) in [5.41, 5.74) is 4.69. The van der Waals surface area contributed by atoms with E-state index in [9.17, 15) is 0 Å². The molecule has 2 aromatic heterocycles. The summed E-state index contributed by atoms with van der Waals surface area (Å²) in [6.45, 7) is 6.15. The van der Waals surface area contributed by atoms with Gasteiger partial charge in [0, 0.05) is 42.1 Å². The first-order chi connectivity index (χ1) is 12.7. The largest absolute Gasteiger partial charge is 0.380 e. The van der Waals surface area contributed by atoms with Gasteiger partial charge in [-0.05, 0) is 43.5 Å². The quantitative estimate of drug-likeness (QED) is 0.717. The first kappa shape index (κ1) is 17.1. The number of fused-ring (bicyclic) bond motifs is 1. The number of hydrogen-bond acceptors (Lipinski definition) is 4. The smallest absolute Gasteiger partial charge is 0.147 e. The molecule has 0 amide bonds. The predicted molar refractivity (Wildman–Crippen MR) is 109 cm³/mol. The predicted octanol–water partition coefficient (Wildman–Crippen LogP) is 4.84. The Morgan fingerprint density at radius 2 is 2.08 bits per heavy atom. The average Bonchev–Trinajstić information content (AvgIpc) is 3.10. The van der Waals surface area contributed by atoms with Crippen molar-refractivity contribution in [2.75, 3.05) is 23.3 Å². The molecule has 1 atom stereocenters. The van der Waals surface area contributed by atoms with Gasteiger partial charge in [-0.25, -0.2) is 4.98 Å². The number of rotatable bonds is 4. The molecular formula is C21H23ClN4. The number of anilines is 2. The third kappa shape index (κ3) is 3.10. The highest BCUT2D eigenvalue weighted by atomic mass is 35.5. The van der Waals surface area contributed by atoms with E-state index in [0.29, 0.717) is 11.1 Å². The third-order valence-corrected chi connectivity index (χ3v) is 5.42. The molecule has 26 heavy (non-hydrogen) atoms. The van der Waals surface area contributed by atoms with Crippen molar-refractivity contribution in [2.45, 2.75) is 32.7 Å². The van der Waals surface area contributed by atoms with Crippen LogP contribution in [0.25, 0.3) is 10.9 Å². The molecule has 3 aromatic rings. The van der Waals surface area contributed by atoms with E-state index in [1.54, 1.807) is 6.20 Å². The number of aromatic nitrogens is 2. The van der Waals surface area contributed by atoms with Crippen LogP contribution in [-0.4, -0.2) is 29.1 Å². The van der Waals surface area contributed by atoms with E-state index in [-0.39, 0.29) is 0 Å². The topological polar surface area (TPSA) is 41.1 Å². The van der Waals surface area contributed by atoms with Crippen molar-refractivity contribution in [3.8, 4) is 0 Å². The Hall–Kier alpha value is -2.33. The van der Waals surface area contributed by atoms with E-state index < -0.39 is 0 Å². The van der Waals surface area contributed by atoms with E-state index in [2.05, 4.69) is 47.2 Å². The van der Waals surface area contributed by atoms with Gasteiger partial charge in [0.2, 0.25) is 0 Å². The Morgan fingerprint density at radius 3 is 2.88 bits per heavy atom. The Bertz CT molecular complexity index is 940. The van der Waals surface area contributed by atoms with Crippen molar-refractivity contribution in [1.82, 2.24) is 9.97 Å². The van der Waals surface area contributed by atoms with Crippen LogP contribution >= 0.6 is 11.6 Å². The van der Waals surface area contributed by atoms with Gasteiger partial charge in [0.15, 0.2) is 0 Å². The molecule has 134 valence electrons. The van der Waals surface area contributed by atoms with Crippen LogP contribution in [0.3, 0.4) is 0 Å². The van der Waals surface area contributed by atoms with Crippen molar-refractivity contribution >= 4 is 34.0 Å². The average molecular weight is 367 g/mol. The SMILES string of the molecule is CCc1c(C)nc2ccccc2c1NC1CCN(c2ncccc2Cl)C1. The molecule has 1 aromatic carbocycles. The summed E-state index contributed by atoms with van der Waals surface area (Å²) in [7, 11) is 0. The summed E-state index contributed by atoms with van der Waals surface area (Å²) < 4.78 is 0. The lowest BCUT2D eigenvalue weighted by molar-refractivity contribution is 0.803. The molecule has 0 spiro atoms. The molecule has 0 bridgehead atoms. The minimum absolute atomic E-state index is 0.364. The van der Waals surface area contributed by atoms with Crippen molar-refractivity contribution in [2.24, 2.45) is 0 Å². The number of hydrogen-bond donors (Lipinski definition) is 1. The highest BCUT2D eigenvalue weighted by Gasteiger charge is 2.26. The number of pyridine rings is 2. The van der Waals surface area contributed by atoms with Crippen LogP contribution in [0.5, 0.6) is 0 Å². The molecule has 5 heteroatoms. The molecule has 4 rings (SSSR count). The highest BCUT2D eigenvalue weighted by molar-refractivity contribution is 6.32. The van der Waals surface area contributed by atoms with E-state index in [1.165, 1.54) is 16.6 Å². The van der Waals surface area contributed by atoms with Crippen LogP contribution in [0.4, 0.5) is 11.5 Å². The second-order valence-electron chi connectivity index (χ2n) is 6.81. The first-order valence-electron chi connectivity index (χ1n) is 9.17. The van der Waals surface area contributed by atoms with Crippen molar-refractivity contribution in [3.05, 3.63) is 58.9 Å². The monoisotopic (exact) mass is 366 g/mol. The standard InChI is InChI=1S/C21H23ClN4/c1-3-16-14(2)24-19-9-5-4-7-17(19)20(16)25-15-10-12-26(13-15)21-18(22)8-6-11-23-21/h4-9,11,15H,3,10,12-13H2,1-2H3,(H,24,25). The van der Waals surface area contributed by atoms with Gasteiger partial charge in [-0.3, -0.25) is 4.98 Å². The van der Waals surface area contributed by atoms with Crippen LogP contribution in [0, 0.1) is 6.92 Å². The summed E-state index contributed by atoms with van der Waals surface area (Å²) in [5.74, 6) is 0.880. The molecule has 0 aliphatic carbocycles. The summed E-state index contributed by atoms with van der Waals surface area (Å²) >= 11 is 6.33. The lowest BCUT2D eigenvalue weighted by Gasteiger charge is -2.22. The van der Waals surface area contributed by atoms with Gasteiger partial charge in [0.1, 0.15) is 5.82 Å². The molecule has 1 saturated heterocycles.